The zero-order valence-corrected chi connectivity index (χ0v) is 9.07. The van der Waals surface area contributed by atoms with Crippen molar-refractivity contribution in [1.82, 2.24) is 2.29 Å². The van der Waals surface area contributed by atoms with E-state index in [1.54, 1.807) is 0 Å². The van der Waals surface area contributed by atoms with Crippen LogP contribution in [-0.2, 0) is 10.0 Å². The molecule has 0 N–H and O–H groups in total. The van der Waals surface area contributed by atoms with Gasteiger partial charge in [-0.15, -0.1) is 0 Å². The predicted molar refractivity (Wildman–Crippen MR) is 35.5 cm³/mol. The number of hydrogen-bond acceptors (Lipinski definition) is 2. The molecule has 0 aromatic carbocycles. The third-order valence-electron chi connectivity index (χ3n) is 1.28. The molecule has 0 saturated heterocycles. The Morgan fingerprint density at radius 3 is 2.44 bits per heavy atom. The van der Waals surface area contributed by atoms with Crippen LogP contribution in [0.15, 0.2) is 11.2 Å². The quantitative estimate of drug-likeness (QED) is 0.591. The molecule has 0 aliphatic carbocycles. The van der Waals surface area contributed by atoms with E-state index in [1.807, 2.05) is 0 Å². The van der Waals surface area contributed by atoms with Crippen molar-refractivity contribution in [3.8, 4) is 0 Å². The summed E-state index contributed by atoms with van der Waals surface area (Å²) in [6.07, 6.45) is 1.52. The van der Waals surface area contributed by atoms with E-state index < -0.39 is 32.7 Å². The van der Waals surface area contributed by atoms with E-state index in [-0.39, 0.29) is 0 Å². The SMILES string of the molecule is O=S1(=O)[C]2=[In][N]1C=C2Cl. The van der Waals surface area contributed by atoms with Gasteiger partial charge in [-0.25, -0.2) is 0 Å². The van der Waals surface area contributed by atoms with Crippen LogP contribution < -0.4 is 0 Å². The Bertz CT molecular complexity index is 330. The summed E-state index contributed by atoms with van der Waals surface area (Å²) >= 11 is 4.48. The first-order valence-corrected chi connectivity index (χ1v) is 7.19. The second-order valence-corrected chi connectivity index (χ2v) is 10.3. The Balaban J connectivity index is 2.69. The summed E-state index contributed by atoms with van der Waals surface area (Å²) in [6, 6.07) is 0. The maximum absolute atomic E-state index is 10.8. The first-order valence-electron chi connectivity index (χ1n) is 2.25. The number of rotatable bonds is 0. The zero-order chi connectivity index (χ0) is 6.65. The third kappa shape index (κ3) is 0.602. The van der Waals surface area contributed by atoms with Crippen LogP contribution in [-0.4, -0.2) is 36.0 Å². The van der Waals surface area contributed by atoms with Crippen LogP contribution in [0.25, 0.3) is 0 Å². The minimum atomic E-state index is -2.97. The number of hydrogen-bond donors (Lipinski definition) is 0. The van der Waals surface area contributed by atoms with Gasteiger partial charge in [-0.3, -0.25) is 0 Å². The summed E-state index contributed by atoms with van der Waals surface area (Å²) < 4.78 is 23.6. The first-order chi connectivity index (χ1) is 4.12. The molecule has 3 nitrogen and oxygen atoms in total. The maximum atomic E-state index is 10.8. The molecule has 0 saturated carbocycles. The zero-order valence-electron chi connectivity index (χ0n) is 4.20. The van der Waals surface area contributed by atoms with Crippen molar-refractivity contribution in [2.75, 3.05) is 0 Å². The number of halogens is 1. The number of sulfonamides is 1. The van der Waals surface area contributed by atoms with E-state index in [2.05, 4.69) is 0 Å². The Labute approximate surface area is 68.6 Å². The van der Waals surface area contributed by atoms with Gasteiger partial charge in [-0.2, -0.15) is 0 Å². The van der Waals surface area contributed by atoms with Crippen molar-refractivity contribution in [2.45, 2.75) is 0 Å². The Hall–Kier alpha value is 0.520. The summed E-state index contributed by atoms with van der Waals surface area (Å²) in [4.78, 5) is 0. The molecule has 0 fully saturated rings. The average Bonchev–Trinajstić information content (AvgIpc) is 2.20. The minimum absolute atomic E-state index is 0.455. The van der Waals surface area contributed by atoms with Crippen molar-refractivity contribution in [3.63, 3.8) is 0 Å². The van der Waals surface area contributed by atoms with Crippen molar-refractivity contribution in [1.29, 1.82) is 0 Å². The molecule has 0 amide bonds. The van der Waals surface area contributed by atoms with Crippen molar-refractivity contribution < 1.29 is 8.42 Å². The molecular weight excluding hydrogens is 264 g/mol. The monoisotopic (exact) mass is 265 g/mol. The van der Waals surface area contributed by atoms with Gasteiger partial charge in [-0.1, -0.05) is 0 Å². The molecule has 3 rings (SSSR count). The average molecular weight is 265 g/mol. The van der Waals surface area contributed by atoms with Crippen LogP contribution >= 0.6 is 11.6 Å². The Morgan fingerprint density at radius 2 is 2.33 bits per heavy atom. The van der Waals surface area contributed by atoms with Gasteiger partial charge in [0.2, 0.25) is 0 Å². The molecule has 2 bridgehead atoms. The summed E-state index contributed by atoms with van der Waals surface area (Å²) in [5, 5.41) is 0.455. The van der Waals surface area contributed by atoms with Crippen LogP contribution in [0.2, 0.25) is 0 Å². The van der Waals surface area contributed by atoms with Gasteiger partial charge in [-0.05, 0) is 0 Å². The summed E-state index contributed by atoms with van der Waals surface area (Å²) in [7, 11) is -2.97. The van der Waals surface area contributed by atoms with Crippen LogP contribution in [0, 0.1) is 0 Å². The molecule has 9 heavy (non-hydrogen) atoms. The van der Waals surface area contributed by atoms with Crippen molar-refractivity contribution in [3.05, 3.63) is 11.2 Å². The second-order valence-electron chi connectivity index (χ2n) is 1.81. The number of nitrogens with zero attached hydrogens (tertiary/aromatic N) is 1. The Kier molecular flexibility index (Phi) is 1.09. The predicted octanol–water partition coefficient (Wildman–Crippen LogP) is -0.525. The van der Waals surface area contributed by atoms with Gasteiger partial charge >= 0.3 is 68.9 Å². The van der Waals surface area contributed by atoms with Crippen LogP contribution in [0.1, 0.15) is 0 Å². The van der Waals surface area contributed by atoms with Crippen molar-refractivity contribution >= 4 is 46.9 Å². The molecule has 46 valence electrons. The first kappa shape index (κ1) is 6.24. The summed E-state index contributed by atoms with van der Waals surface area (Å²) in [5.41, 5.74) is 0. The molecule has 3 heterocycles. The van der Waals surface area contributed by atoms with Crippen LogP contribution in [0.4, 0.5) is 0 Å². The molecular formula is C3HClInNO2S. The van der Waals surface area contributed by atoms with Crippen molar-refractivity contribution in [2.24, 2.45) is 0 Å². The van der Waals surface area contributed by atoms with E-state index in [4.69, 9.17) is 11.6 Å². The molecule has 6 heteroatoms. The van der Waals surface area contributed by atoms with Gasteiger partial charge in [0.05, 0.1) is 0 Å². The molecule has 0 aromatic rings. The van der Waals surface area contributed by atoms with Gasteiger partial charge in [0.15, 0.2) is 0 Å². The standard InChI is InChI=1S/C3HClNO2S.In/c4-3-1-5-8(6,7)2-3;/h1H;/q-1;+1. The van der Waals surface area contributed by atoms with Crippen LogP contribution in [0.5, 0.6) is 0 Å². The van der Waals surface area contributed by atoms with E-state index in [1.165, 1.54) is 8.49 Å². The molecule has 0 radical (unpaired) electrons. The normalized spacial score (nSPS) is 26.1. The van der Waals surface area contributed by atoms with E-state index in [9.17, 15) is 8.42 Å². The fourth-order valence-electron chi connectivity index (χ4n) is 0.783. The summed E-state index contributed by atoms with van der Waals surface area (Å²) in [6.45, 7) is 0. The van der Waals surface area contributed by atoms with E-state index in [0.717, 1.165) is 0 Å². The third-order valence-corrected chi connectivity index (χ3v) is 12.7. The molecule has 0 atom stereocenters. The molecule has 3 aliphatic heterocycles. The van der Waals surface area contributed by atoms with E-state index >= 15 is 0 Å². The Morgan fingerprint density at radius 1 is 1.67 bits per heavy atom. The van der Waals surface area contributed by atoms with Crippen LogP contribution in [0.3, 0.4) is 0 Å². The topological polar surface area (TPSA) is 37.4 Å². The van der Waals surface area contributed by atoms with Gasteiger partial charge in [0.25, 0.3) is 0 Å². The van der Waals surface area contributed by atoms with Gasteiger partial charge < -0.3 is 0 Å². The van der Waals surface area contributed by atoms with Gasteiger partial charge in [0.1, 0.15) is 0 Å². The fourth-order valence-corrected chi connectivity index (χ4v) is 8.67. The molecule has 0 spiro atoms. The second kappa shape index (κ2) is 1.57. The van der Waals surface area contributed by atoms with E-state index in [0.29, 0.717) is 7.62 Å². The summed E-state index contributed by atoms with van der Waals surface area (Å²) in [5.74, 6) is 0. The van der Waals surface area contributed by atoms with Gasteiger partial charge in [0, 0.05) is 0 Å². The molecule has 0 unspecified atom stereocenters. The molecule has 0 aromatic heterocycles. The molecule has 3 aliphatic rings. The fraction of sp³-hybridized carbons (Fsp3) is 0.